The second-order valence-corrected chi connectivity index (χ2v) is 24.0. The maximum atomic E-state index is 13.1. The smallest absolute Gasteiger partial charge is 0.790 e. The van der Waals surface area contributed by atoms with Gasteiger partial charge in [0.25, 0.3) is 0 Å². The number of rotatable bonds is 7. The van der Waals surface area contributed by atoms with E-state index in [0.717, 1.165) is 31.8 Å². The maximum Gasteiger partial charge on any atom is 1.00 e. The molecule has 0 spiro atoms. The number of benzene rings is 4. The first-order valence-electron chi connectivity index (χ1n) is 18.8. The van der Waals surface area contributed by atoms with Crippen molar-refractivity contribution in [1.82, 2.24) is 29.9 Å². The maximum absolute atomic E-state index is 13.1. The van der Waals surface area contributed by atoms with E-state index in [-0.39, 0.29) is 50.8 Å². The third-order valence-electron chi connectivity index (χ3n) is 9.01. The molecule has 20 heteroatoms. The molecule has 8 aromatic rings. The van der Waals surface area contributed by atoms with Crippen molar-refractivity contribution in [2.24, 2.45) is 0 Å². The molecule has 62 heavy (non-hydrogen) atoms. The van der Waals surface area contributed by atoms with Crippen molar-refractivity contribution in [1.29, 1.82) is 0 Å². The monoisotopic (exact) mass is 940 g/mol. The normalized spacial score (nSPS) is 12.0. The Hall–Kier alpha value is -4.21. The van der Waals surface area contributed by atoms with Gasteiger partial charge in [-0.3, -0.25) is 0 Å². The molecule has 0 radical (unpaired) electrons. The molecule has 0 saturated heterocycles. The zero-order valence-electron chi connectivity index (χ0n) is 35.9. The van der Waals surface area contributed by atoms with E-state index in [2.05, 4.69) is 53.2 Å². The number of phenolic OH excluding ortho intramolecular Hbond substituents is 1. The van der Waals surface area contributed by atoms with E-state index in [0.29, 0.717) is 38.7 Å². The summed E-state index contributed by atoms with van der Waals surface area (Å²) in [5.74, 6) is 0.902. The molecule has 0 aliphatic carbocycles. The number of ether oxygens (including phenoxy) is 1. The van der Waals surface area contributed by atoms with Crippen LogP contribution in [0, 0.1) is 0 Å². The predicted octanol–water partition coefficient (Wildman–Crippen LogP) is 6.77. The van der Waals surface area contributed by atoms with Gasteiger partial charge in [-0.1, -0.05) is 13.8 Å². The van der Waals surface area contributed by atoms with Crippen molar-refractivity contribution in [3.63, 3.8) is 0 Å². The number of aromatic nitrogens is 6. The van der Waals surface area contributed by atoms with Crippen molar-refractivity contribution in [3.8, 4) is 11.5 Å². The molecule has 14 nitrogen and oxygen atoms in total. The van der Waals surface area contributed by atoms with Gasteiger partial charge in [-0.25, -0.2) is 46.7 Å². The number of nitrogens with zero attached hydrogens (tertiary/aromatic N) is 6. The van der Waals surface area contributed by atoms with Crippen LogP contribution in [0.4, 0.5) is 23.0 Å². The van der Waals surface area contributed by atoms with Crippen LogP contribution in [0.25, 0.3) is 42.2 Å². The summed E-state index contributed by atoms with van der Waals surface area (Å²) in [6, 6.07) is 17.6. The number of anilines is 4. The van der Waals surface area contributed by atoms with Crippen molar-refractivity contribution >= 4 is 120 Å². The van der Waals surface area contributed by atoms with E-state index < -0.39 is 29.2 Å². The van der Waals surface area contributed by atoms with Crippen LogP contribution in [-0.2, 0) is 32.3 Å². The van der Waals surface area contributed by atoms with Crippen molar-refractivity contribution in [2.45, 2.75) is 79.9 Å². The van der Waals surface area contributed by atoms with E-state index in [1.807, 2.05) is 50.2 Å². The summed E-state index contributed by atoms with van der Waals surface area (Å²) in [5, 5.41) is 18.3. The largest absolute Gasteiger partial charge is 1.00 e. The molecule has 0 bridgehead atoms. The van der Waals surface area contributed by atoms with Gasteiger partial charge in [-0.2, -0.15) is 5.25 Å². The zero-order valence-corrected chi connectivity index (χ0v) is 42.0. The minimum atomic E-state index is -3.75. The first-order valence-corrected chi connectivity index (χ1v) is 24.0. The van der Waals surface area contributed by atoms with Crippen LogP contribution in [0.2, 0.25) is 0 Å². The van der Waals surface area contributed by atoms with Gasteiger partial charge in [0, 0.05) is 34.3 Å². The molecular weight excluding hydrogens is 896 g/mol. The number of hydrogen-bond acceptors (Lipinski definition) is 17. The Labute approximate surface area is 396 Å². The van der Waals surface area contributed by atoms with Gasteiger partial charge in [0.1, 0.15) is 45.6 Å². The average molecular weight is 941 g/mol. The number of methoxy groups -OCH3 is 1. The predicted molar refractivity (Wildman–Crippen MR) is 249 cm³/mol. The van der Waals surface area contributed by atoms with Gasteiger partial charge >= 0.3 is 29.6 Å². The minimum Gasteiger partial charge on any atom is -0.790 e. The zero-order chi connectivity index (χ0) is 44.5. The van der Waals surface area contributed by atoms with Crippen LogP contribution in [0.5, 0.6) is 11.5 Å². The quantitative estimate of drug-likeness (QED) is 0.112. The van der Waals surface area contributed by atoms with Gasteiger partial charge in [0.2, 0.25) is 0 Å². The molecule has 8 rings (SSSR count). The number of sulfone groups is 2. The molecule has 4 heterocycles. The van der Waals surface area contributed by atoms with Crippen molar-refractivity contribution < 1.29 is 56.2 Å². The number of fused-ring (bicyclic) bond motifs is 4. The summed E-state index contributed by atoms with van der Waals surface area (Å²) in [7, 11) is -5.94. The number of aromatic hydroxyl groups is 1. The fraction of sp³-hybridized carbons (Fsp3) is 0.286. The van der Waals surface area contributed by atoms with E-state index in [4.69, 9.17) is 4.74 Å². The summed E-state index contributed by atoms with van der Waals surface area (Å²) in [5.41, 5.74) is 7.93. The SMILES string of the molecule is CC(C)(C)S(=O)(=O)c1cc2c(Nc3ccc4scnc4c3)ncnc2cc1O.CC(C)[S-].COc1cc2ncnc(Nc3ccc4scnc4c3)c2cc1S(=O)(=O)C(C)(C)C.[Na+]. The van der Waals surface area contributed by atoms with E-state index in [1.165, 1.54) is 31.9 Å². The molecule has 0 aliphatic rings. The second-order valence-electron chi connectivity index (χ2n) is 15.9. The third-order valence-corrected chi connectivity index (χ3v) is 15.7. The van der Waals surface area contributed by atoms with Gasteiger partial charge < -0.3 is 33.1 Å². The number of nitrogens with one attached hydrogen (secondary N) is 2. The topological polar surface area (TPSA) is 199 Å². The standard InChI is InChI=1S/C20H20N4O3S2.C19H18N4O3S2.C3H8S.Na/c1-20(2,3)29(25,26)18-8-13-14(9-16(18)27-4)21-10-22-19(13)24-12-5-6-17-15(7-12)23-11-28-17;1-19(2,3)28(25,26)17-7-12-13(8-15(17)24)20-9-21-18(12)23-11-4-5-16-14(6-11)22-10-27-16;1-3(2)4;/h5-11H,1-4H3,(H,21,22,24);4-10,24H,1-3H3,(H,20,21,23);3-4H,1-2H3;/q;;;+1/p-1. The van der Waals surface area contributed by atoms with Crippen LogP contribution in [0.15, 0.2) is 94.1 Å². The molecule has 0 fully saturated rings. The number of thiazole rings is 2. The van der Waals surface area contributed by atoms with E-state index >= 15 is 0 Å². The fourth-order valence-electron chi connectivity index (χ4n) is 5.72. The number of hydrogen-bond donors (Lipinski definition) is 3. The van der Waals surface area contributed by atoms with E-state index in [1.54, 1.807) is 87.4 Å². The Kier molecular flexibility index (Phi) is 15.2. The van der Waals surface area contributed by atoms with Crippen molar-refractivity contribution in [2.75, 3.05) is 17.7 Å². The summed E-state index contributed by atoms with van der Waals surface area (Å²) < 4.78 is 57.5. The summed E-state index contributed by atoms with van der Waals surface area (Å²) in [4.78, 5) is 25.7. The van der Waals surface area contributed by atoms with Gasteiger partial charge in [0.05, 0.1) is 59.1 Å². The molecule has 0 saturated carbocycles. The minimum absolute atomic E-state index is 0. The van der Waals surface area contributed by atoms with Crippen LogP contribution in [0.1, 0.15) is 55.4 Å². The first kappa shape index (κ1) is 48.8. The van der Waals surface area contributed by atoms with Crippen LogP contribution >= 0.6 is 22.7 Å². The molecule has 4 aromatic heterocycles. The molecule has 0 aliphatic heterocycles. The Bertz CT molecular complexity index is 3110. The Morgan fingerprint density at radius 2 is 1.05 bits per heavy atom. The molecule has 4 aromatic carbocycles. The molecule has 320 valence electrons. The molecule has 0 unspecified atom stereocenters. The van der Waals surface area contributed by atoms with Crippen LogP contribution in [-0.4, -0.2) is 73.7 Å². The second kappa shape index (κ2) is 19.3. The molecule has 3 N–H and O–H groups in total. The molecule has 0 amide bonds. The third kappa shape index (κ3) is 10.6. The Morgan fingerprint density at radius 3 is 1.48 bits per heavy atom. The summed E-state index contributed by atoms with van der Waals surface area (Å²) in [6.45, 7) is 13.7. The Morgan fingerprint density at radius 1 is 0.629 bits per heavy atom. The van der Waals surface area contributed by atoms with E-state index in [9.17, 15) is 21.9 Å². The van der Waals surface area contributed by atoms with Crippen LogP contribution < -0.4 is 44.9 Å². The fourth-order valence-corrected chi connectivity index (χ4v) is 9.65. The van der Waals surface area contributed by atoms with Gasteiger partial charge in [-0.15, -0.1) is 22.7 Å². The molecular formula is C42H45N8NaO6S5. The van der Waals surface area contributed by atoms with Crippen LogP contribution in [0.3, 0.4) is 0 Å². The Balaban J connectivity index is 0.000000213. The van der Waals surface area contributed by atoms with Gasteiger partial charge in [0.15, 0.2) is 19.7 Å². The number of phenols is 1. The summed E-state index contributed by atoms with van der Waals surface area (Å²) >= 11 is 7.75. The average Bonchev–Trinajstić information content (AvgIpc) is 3.86. The summed E-state index contributed by atoms with van der Waals surface area (Å²) in [6.07, 6.45) is 2.80. The molecule has 0 atom stereocenters. The first-order chi connectivity index (χ1) is 28.6. The van der Waals surface area contributed by atoms with Crippen molar-refractivity contribution in [3.05, 3.63) is 84.3 Å². The van der Waals surface area contributed by atoms with Gasteiger partial charge in [-0.05, 0) is 90.1 Å².